The maximum atomic E-state index is 3.38. The highest BCUT2D eigenvalue weighted by atomic mass is 79.9. The van der Waals surface area contributed by atoms with Crippen LogP contribution in [-0.2, 0) is 0 Å². The van der Waals surface area contributed by atoms with Gasteiger partial charge < -0.3 is 0 Å². The quantitative estimate of drug-likeness (QED) is 0.706. The molecular weight excluding hydrogens is 236 g/mol. The summed E-state index contributed by atoms with van der Waals surface area (Å²) in [4.78, 5) is 0. The van der Waals surface area contributed by atoms with Crippen LogP contribution < -0.4 is 0 Å². The summed E-state index contributed by atoms with van der Waals surface area (Å²) >= 11 is 3.38. The van der Waals surface area contributed by atoms with Crippen LogP contribution in [0.5, 0.6) is 0 Å². The van der Waals surface area contributed by atoms with E-state index in [1.807, 2.05) is 12.1 Å². The first-order valence-electron chi connectivity index (χ1n) is 4.50. The van der Waals surface area contributed by atoms with Gasteiger partial charge in [-0.25, -0.2) is 0 Å². The predicted molar refractivity (Wildman–Crippen MR) is 63.2 cm³/mol. The number of hydrogen-bond acceptors (Lipinski definition) is 0. The number of halogens is 1. The highest BCUT2D eigenvalue weighted by Gasteiger charge is 1.96. The van der Waals surface area contributed by atoms with Crippen LogP contribution in [0.25, 0.3) is 11.1 Å². The second-order valence-corrected chi connectivity index (χ2v) is 4.15. The molecular formula is C13H10Br. The van der Waals surface area contributed by atoms with E-state index in [1.54, 1.807) is 0 Å². The third-order valence-electron chi connectivity index (χ3n) is 2.13. The molecule has 0 nitrogen and oxygen atoms in total. The van der Waals surface area contributed by atoms with Crippen molar-refractivity contribution < 1.29 is 0 Å². The zero-order valence-corrected chi connectivity index (χ0v) is 9.51. The topological polar surface area (TPSA) is 0 Å². The van der Waals surface area contributed by atoms with Crippen LogP contribution >= 0.6 is 15.9 Å². The van der Waals surface area contributed by atoms with Gasteiger partial charge in [0.1, 0.15) is 0 Å². The minimum absolute atomic E-state index is 0.994. The average Bonchev–Trinajstić information content (AvgIpc) is 2.19. The van der Waals surface area contributed by atoms with E-state index in [-0.39, 0.29) is 0 Å². The molecule has 69 valence electrons. The van der Waals surface area contributed by atoms with Gasteiger partial charge in [0.25, 0.3) is 0 Å². The van der Waals surface area contributed by atoms with Crippen molar-refractivity contribution in [3.63, 3.8) is 0 Å². The zero-order chi connectivity index (χ0) is 9.97. The van der Waals surface area contributed by atoms with Gasteiger partial charge in [-0.05, 0) is 36.2 Å². The molecule has 2 aromatic carbocycles. The first-order chi connectivity index (χ1) is 6.75. The van der Waals surface area contributed by atoms with E-state index < -0.39 is 0 Å². The number of aryl methyl sites for hydroxylation is 1. The summed E-state index contributed by atoms with van der Waals surface area (Å²) in [7, 11) is 0. The van der Waals surface area contributed by atoms with Crippen LogP contribution in [0.2, 0.25) is 0 Å². The van der Waals surface area contributed by atoms with Gasteiger partial charge in [0.05, 0.1) is 0 Å². The van der Waals surface area contributed by atoms with E-state index >= 15 is 0 Å². The molecule has 2 aromatic rings. The number of hydrogen-bond donors (Lipinski definition) is 0. The van der Waals surface area contributed by atoms with Crippen LogP contribution in [0.15, 0.2) is 46.9 Å². The Labute approximate surface area is 92.7 Å². The van der Waals surface area contributed by atoms with Crippen molar-refractivity contribution in [3.05, 3.63) is 58.6 Å². The van der Waals surface area contributed by atoms with Crippen LogP contribution in [0.3, 0.4) is 0 Å². The summed E-state index contributed by atoms with van der Waals surface area (Å²) in [5.74, 6) is 0. The maximum Gasteiger partial charge on any atom is 0.0254 e. The van der Waals surface area contributed by atoms with Crippen LogP contribution in [-0.4, -0.2) is 0 Å². The second-order valence-electron chi connectivity index (χ2n) is 3.29. The Morgan fingerprint density at radius 1 is 1.07 bits per heavy atom. The van der Waals surface area contributed by atoms with E-state index in [0.717, 1.165) is 4.47 Å². The summed E-state index contributed by atoms with van der Waals surface area (Å²) in [6.07, 6.45) is 0. The molecule has 2 rings (SSSR count). The third-order valence-corrected chi connectivity index (χ3v) is 2.62. The van der Waals surface area contributed by atoms with Crippen molar-refractivity contribution in [3.8, 4) is 11.1 Å². The molecule has 0 amide bonds. The van der Waals surface area contributed by atoms with E-state index in [9.17, 15) is 0 Å². The Morgan fingerprint density at radius 3 is 2.57 bits per heavy atom. The fourth-order valence-corrected chi connectivity index (χ4v) is 1.66. The molecule has 0 aliphatic carbocycles. The summed E-state index contributed by atoms with van der Waals surface area (Å²) in [6, 6.07) is 17.7. The van der Waals surface area contributed by atoms with Gasteiger partial charge >= 0.3 is 0 Å². The van der Waals surface area contributed by atoms with Crippen molar-refractivity contribution in [1.82, 2.24) is 0 Å². The molecule has 0 aromatic heterocycles. The lowest BCUT2D eigenvalue weighted by atomic mass is 10.0. The molecule has 0 spiro atoms. The molecule has 1 heteroatoms. The monoisotopic (exact) mass is 245 g/mol. The summed E-state index contributed by atoms with van der Waals surface area (Å²) in [6.45, 7) is 2.10. The summed E-state index contributed by atoms with van der Waals surface area (Å²) in [5, 5.41) is 0. The molecule has 1 radical (unpaired) electrons. The molecule has 14 heavy (non-hydrogen) atoms. The maximum absolute atomic E-state index is 3.38. The Morgan fingerprint density at radius 2 is 1.93 bits per heavy atom. The van der Waals surface area contributed by atoms with Gasteiger partial charge in [0.2, 0.25) is 0 Å². The lowest BCUT2D eigenvalue weighted by Crippen LogP contribution is -1.78. The molecule has 0 atom stereocenters. The van der Waals surface area contributed by atoms with Crippen LogP contribution in [0.1, 0.15) is 5.56 Å². The van der Waals surface area contributed by atoms with Gasteiger partial charge in [-0.1, -0.05) is 51.8 Å². The molecule has 0 aliphatic rings. The molecule has 0 bridgehead atoms. The van der Waals surface area contributed by atoms with Crippen LogP contribution in [0, 0.1) is 13.0 Å². The third kappa shape index (κ3) is 2.05. The molecule has 0 N–H and O–H groups in total. The van der Waals surface area contributed by atoms with Crippen LogP contribution in [0.4, 0.5) is 0 Å². The Kier molecular flexibility index (Phi) is 2.69. The Balaban J connectivity index is 2.44. The largest absolute Gasteiger partial charge is 0.0614 e. The fraction of sp³-hybridized carbons (Fsp3) is 0.0769. The molecule has 0 aliphatic heterocycles. The fourth-order valence-electron chi connectivity index (χ4n) is 1.41. The first kappa shape index (κ1) is 9.47. The average molecular weight is 246 g/mol. The van der Waals surface area contributed by atoms with Gasteiger partial charge in [0.15, 0.2) is 0 Å². The molecule has 0 saturated carbocycles. The van der Waals surface area contributed by atoms with E-state index in [4.69, 9.17) is 0 Å². The molecule has 0 saturated heterocycles. The summed E-state index contributed by atoms with van der Waals surface area (Å²) in [5.41, 5.74) is 3.73. The minimum atomic E-state index is 0.994. The molecule has 0 heterocycles. The highest BCUT2D eigenvalue weighted by molar-refractivity contribution is 9.10. The van der Waals surface area contributed by atoms with E-state index in [0.29, 0.717) is 0 Å². The Hall–Kier alpha value is -1.08. The van der Waals surface area contributed by atoms with E-state index in [2.05, 4.69) is 59.3 Å². The lowest BCUT2D eigenvalue weighted by molar-refractivity contribution is 1.46. The smallest absolute Gasteiger partial charge is 0.0254 e. The SMILES string of the molecule is Cc1cccc(-c2c[c]c(Br)cc2)c1. The van der Waals surface area contributed by atoms with Gasteiger partial charge in [-0.15, -0.1) is 0 Å². The number of benzene rings is 2. The van der Waals surface area contributed by atoms with Gasteiger partial charge in [0, 0.05) is 4.47 Å². The minimum Gasteiger partial charge on any atom is -0.0614 e. The summed E-state index contributed by atoms with van der Waals surface area (Å²) < 4.78 is 0.994. The zero-order valence-electron chi connectivity index (χ0n) is 7.92. The number of rotatable bonds is 1. The Bertz CT molecular complexity index is 429. The van der Waals surface area contributed by atoms with Crippen molar-refractivity contribution >= 4 is 15.9 Å². The van der Waals surface area contributed by atoms with Crippen molar-refractivity contribution in [2.24, 2.45) is 0 Å². The second kappa shape index (κ2) is 3.97. The first-order valence-corrected chi connectivity index (χ1v) is 5.29. The standard InChI is InChI=1S/C13H10Br/c1-10-3-2-4-12(9-10)11-5-7-13(14)8-6-11/h2-7,9H,1H3. The molecule has 0 fully saturated rings. The van der Waals surface area contributed by atoms with Crippen molar-refractivity contribution in [1.29, 1.82) is 0 Å². The van der Waals surface area contributed by atoms with Gasteiger partial charge in [-0.2, -0.15) is 0 Å². The normalized spacial score (nSPS) is 10.1. The predicted octanol–water partition coefficient (Wildman–Crippen LogP) is 4.22. The lowest BCUT2D eigenvalue weighted by Gasteiger charge is -2.02. The van der Waals surface area contributed by atoms with Gasteiger partial charge in [-0.3, -0.25) is 0 Å². The highest BCUT2D eigenvalue weighted by Crippen LogP contribution is 2.21. The molecule has 0 unspecified atom stereocenters. The van der Waals surface area contributed by atoms with Crippen molar-refractivity contribution in [2.45, 2.75) is 6.92 Å². The van der Waals surface area contributed by atoms with E-state index in [1.165, 1.54) is 16.7 Å². The van der Waals surface area contributed by atoms with Crippen molar-refractivity contribution in [2.75, 3.05) is 0 Å².